The lowest BCUT2D eigenvalue weighted by atomic mass is 10.0. The van der Waals surface area contributed by atoms with E-state index in [-0.39, 0.29) is 5.88 Å². The van der Waals surface area contributed by atoms with Crippen LogP contribution in [0.3, 0.4) is 0 Å². The molecular formula is C20H18N4O3. The molecular weight excluding hydrogens is 344 g/mol. The minimum atomic E-state index is -0.467. The Morgan fingerprint density at radius 1 is 1.15 bits per heavy atom. The molecule has 0 saturated carbocycles. The van der Waals surface area contributed by atoms with Crippen LogP contribution in [0.1, 0.15) is 16.7 Å². The molecule has 0 radical (unpaired) electrons. The highest BCUT2D eigenvalue weighted by atomic mass is 16.5. The van der Waals surface area contributed by atoms with E-state index in [1.165, 1.54) is 4.57 Å². The molecule has 0 spiro atoms. The number of aryl methyl sites for hydroxylation is 2. The minimum absolute atomic E-state index is 0.247. The molecule has 0 amide bonds. The van der Waals surface area contributed by atoms with Crippen molar-refractivity contribution in [1.29, 1.82) is 0 Å². The van der Waals surface area contributed by atoms with Crippen LogP contribution < -0.4 is 16.0 Å². The quantitative estimate of drug-likeness (QED) is 0.724. The molecule has 0 atom stereocenters. The van der Waals surface area contributed by atoms with Gasteiger partial charge in [0.15, 0.2) is 0 Å². The lowest BCUT2D eigenvalue weighted by molar-refractivity contribution is 0.465. The van der Waals surface area contributed by atoms with Gasteiger partial charge in [-0.3, -0.25) is 14.3 Å². The van der Waals surface area contributed by atoms with Crippen molar-refractivity contribution >= 4 is 5.69 Å². The fourth-order valence-corrected chi connectivity index (χ4v) is 2.93. The van der Waals surface area contributed by atoms with Crippen LogP contribution >= 0.6 is 0 Å². The average Bonchev–Trinajstić information content (AvgIpc) is 2.62. The molecule has 27 heavy (non-hydrogen) atoms. The van der Waals surface area contributed by atoms with E-state index >= 15 is 0 Å². The van der Waals surface area contributed by atoms with E-state index in [0.29, 0.717) is 22.7 Å². The minimum Gasteiger partial charge on any atom is -0.449 e. The van der Waals surface area contributed by atoms with Gasteiger partial charge in [0.1, 0.15) is 5.75 Å². The zero-order valence-corrected chi connectivity index (χ0v) is 15.5. The van der Waals surface area contributed by atoms with Crippen LogP contribution in [-0.4, -0.2) is 14.5 Å². The molecule has 1 N–H and O–H groups in total. The first-order chi connectivity index (χ1) is 12.8. The van der Waals surface area contributed by atoms with Crippen LogP contribution in [0, 0.1) is 27.3 Å². The second-order valence-electron chi connectivity index (χ2n) is 6.26. The van der Waals surface area contributed by atoms with Gasteiger partial charge in [0, 0.05) is 24.4 Å². The van der Waals surface area contributed by atoms with Gasteiger partial charge >= 0.3 is 5.69 Å². The summed E-state index contributed by atoms with van der Waals surface area (Å²) in [6.07, 6.45) is 1.59. The maximum atomic E-state index is 12.0. The highest BCUT2D eigenvalue weighted by Crippen LogP contribution is 2.34. The molecule has 0 aliphatic heterocycles. The first-order valence-corrected chi connectivity index (χ1v) is 8.25. The Bertz CT molecular complexity index is 1170. The van der Waals surface area contributed by atoms with E-state index in [2.05, 4.69) is 14.8 Å². The molecule has 3 rings (SSSR count). The third-order valence-electron chi connectivity index (χ3n) is 4.43. The molecule has 2 heterocycles. The summed E-state index contributed by atoms with van der Waals surface area (Å²) in [5.74, 6) is 0.767. The van der Waals surface area contributed by atoms with Gasteiger partial charge in [-0.2, -0.15) is 0 Å². The first kappa shape index (κ1) is 18.1. The molecule has 0 aliphatic carbocycles. The predicted molar refractivity (Wildman–Crippen MR) is 103 cm³/mol. The molecule has 0 saturated heterocycles. The summed E-state index contributed by atoms with van der Waals surface area (Å²) in [5.41, 5.74) is 2.89. The Morgan fingerprint density at radius 3 is 2.56 bits per heavy atom. The summed E-state index contributed by atoms with van der Waals surface area (Å²) >= 11 is 0. The summed E-state index contributed by atoms with van der Waals surface area (Å²) in [5, 5.41) is 0. The van der Waals surface area contributed by atoms with Crippen molar-refractivity contribution in [2.24, 2.45) is 7.05 Å². The van der Waals surface area contributed by atoms with Crippen LogP contribution in [0.25, 0.3) is 16.1 Å². The lowest BCUT2D eigenvalue weighted by Gasteiger charge is -2.15. The van der Waals surface area contributed by atoms with Gasteiger partial charge in [0.25, 0.3) is 11.2 Å². The van der Waals surface area contributed by atoms with Crippen LogP contribution in [0.4, 0.5) is 5.69 Å². The van der Waals surface area contributed by atoms with Crippen molar-refractivity contribution in [3.05, 3.63) is 79.4 Å². The van der Waals surface area contributed by atoms with E-state index in [9.17, 15) is 9.59 Å². The van der Waals surface area contributed by atoms with Crippen molar-refractivity contribution in [2.75, 3.05) is 0 Å². The van der Waals surface area contributed by atoms with Crippen molar-refractivity contribution in [1.82, 2.24) is 14.5 Å². The number of H-pyrrole nitrogens is 1. The number of rotatable bonds is 3. The Balaban J connectivity index is 2.07. The fraction of sp³-hybridized carbons (Fsp3) is 0.200. The molecule has 0 aliphatic rings. The number of hydrogen-bond donors (Lipinski definition) is 1. The van der Waals surface area contributed by atoms with Crippen LogP contribution in [0.2, 0.25) is 0 Å². The molecule has 0 bridgehead atoms. The third kappa shape index (κ3) is 3.25. The van der Waals surface area contributed by atoms with Gasteiger partial charge in [-0.1, -0.05) is 6.07 Å². The zero-order valence-electron chi connectivity index (χ0n) is 15.5. The van der Waals surface area contributed by atoms with E-state index in [1.54, 1.807) is 44.4 Å². The van der Waals surface area contributed by atoms with Gasteiger partial charge in [-0.05, 0) is 50.1 Å². The van der Waals surface area contributed by atoms with Crippen molar-refractivity contribution < 1.29 is 4.74 Å². The molecule has 1 aromatic carbocycles. The summed E-state index contributed by atoms with van der Waals surface area (Å²) in [6.45, 7) is 12.7. The highest BCUT2D eigenvalue weighted by molar-refractivity contribution is 5.68. The third-order valence-corrected chi connectivity index (χ3v) is 4.43. The van der Waals surface area contributed by atoms with Gasteiger partial charge in [0.2, 0.25) is 5.88 Å². The number of pyridine rings is 1. The SMILES string of the molecule is [C-]#[N+]c1c(C)ccnc1Oc1ccc(-c2c(C)c(=O)[nH]c(=O)n2C)c(C)c1. The monoisotopic (exact) mass is 362 g/mol. The molecule has 0 unspecified atom stereocenters. The van der Waals surface area contributed by atoms with Crippen molar-refractivity contribution in [3.8, 4) is 22.9 Å². The molecule has 136 valence electrons. The summed E-state index contributed by atoms with van der Waals surface area (Å²) < 4.78 is 7.22. The van der Waals surface area contributed by atoms with Crippen LogP contribution in [0.15, 0.2) is 40.1 Å². The second-order valence-corrected chi connectivity index (χ2v) is 6.26. The topological polar surface area (TPSA) is 81.3 Å². The average molecular weight is 362 g/mol. The number of nitrogens with zero attached hydrogens (tertiary/aromatic N) is 3. The number of aromatic amines is 1. The summed E-state index contributed by atoms with van der Waals surface area (Å²) in [4.78, 5) is 33.8. The van der Waals surface area contributed by atoms with Crippen LogP contribution in [-0.2, 0) is 7.05 Å². The lowest BCUT2D eigenvalue weighted by Crippen LogP contribution is -2.31. The fourth-order valence-electron chi connectivity index (χ4n) is 2.93. The Morgan fingerprint density at radius 2 is 1.89 bits per heavy atom. The largest absolute Gasteiger partial charge is 0.449 e. The number of benzene rings is 1. The highest BCUT2D eigenvalue weighted by Gasteiger charge is 2.15. The van der Waals surface area contributed by atoms with Crippen molar-refractivity contribution in [3.63, 3.8) is 0 Å². The van der Waals surface area contributed by atoms with Crippen molar-refractivity contribution in [2.45, 2.75) is 20.8 Å². The maximum Gasteiger partial charge on any atom is 0.328 e. The molecule has 3 aromatic rings. The summed E-state index contributed by atoms with van der Waals surface area (Å²) in [7, 11) is 1.61. The van der Waals surface area contributed by atoms with Gasteiger partial charge in [0.05, 0.1) is 12.3 Å². The zero-order chi connectivity index (χ0) is 19.7. The first-order valence-electron chi connectivity index (χ1n) is 8.25. The van der Waals surface area contributed by atoms with E-state index in [1.807, 2.05) is 13.8 Å². The Hall–Kier alpha value is -3.66. The predicted octanol–water partition coefficient (Wildman–Crippen LogP) is 3.40. The summed E-state index contributed by atoms with van der Waals surface area (Å²) in [6, 6.07) is 7.06. The van der Waals surface area contributed by atoms with Gasteiger partial charge < -0.3 is 4.74 Å². The Kier molecular flexibility index (Phi) is 4.65. The molecule has 2 aromatic heterocycles. The van der Waals surface area contributed by atoms with E-state index in [4.69, 9.17) is 11.3 Å². The number of nitrogens with one attached hydrogen (secondary N) is 1. The van der Waals surface area contributed by atoms with Gasteiger partial charge in [-0.25, -0.2) is 14.6 Å². The molecule has 7 nitrogen and oxygen atoms in total. The maximum absolute atomic E-state index is 12.0. The Labute approximate surface area is 155 Å². The number of aromatic nitrogens is 3. The normalized spacial score (nSPS) is 10.5. The van der Waals surface area contributed by atoms with Gasteiger partial charge in [-0.15, -0.1) is 0 Å². The number of hydrogen-bond acceptors (Lipinski definition) is 4. The standard InChI is InChI=1S/C20H18N4O3/c1-11-8-9-22-19(16(11)21-4)27-14-6-7-15(12(2)10-14)17-13(3)18(25)23-20(26)24(17)5/h6-10H,1-3,5H3,(H,23,25,26). The van der Waals surface area contributed by atoms with E-state index in [0.717, 1.165) is 16.7 Å². The second kappa shape index (κ2) is 6.92. The molecule has 0 fully saturated rings. The molecule has 7 heteroatoms. The number of ether oxygens (including phenoxy) is 1. The van der Waals surface area contributed by atoms with Crippen LogP contribution in [0.5, 0.6) is 11.6 Å². The van der Waals surface area contributed by atoms with E-state index < -0.39 is 11.2 Å². The smallest absolute Gasteiger partial charge is 0.328 e.